The van der Waals surface area contributed by atoms with E-state index in [4.69, 9.17) is 22.1 Å². The first-order valence-corrected chi connectivity index (χ1v) is 6.54. The molecule has 0 spiro atoms. The number of ether oxygens (including phenoxy) is 1. The number of esters is 1. The molecule has 0 aliphatic carbocycles. The van der Waals surface area contributed by atoms with Crippen LogP contribution in [0, 0.1) is 5.82 Å². The Balaban J connectivity index is 2.31. The Hall–Kier alpha value is -2.34. The van der Waals surface area contributed by atoms with Crippen molar-refractivity contribution in [1.29, 1.82) is 0 Å². The normalized spacial score (nSPS) is 10.2. The number of carbonyl (C=O) groups is 1. The number of nitrogens with two attached hydrogens (primary N) is 1. The predicted octanol–water partition coefficient (Wildman–Crippen LogP) is 3.38. The van der Waals surface area contributed by atoms with Crippen LogP contribution in [-0.2, 0) is 4.74 Å². The van der Waals surface area contributed by atoms with Crippen molar-refractivity contribution in [2.75, 3.05) is 17.7 Å². The Morgan fingerprint density at radius 1 is 1.52 bits per heavy atom. The molecule has 3 N–H and O–H groups in total. The SMILES string of the molecule is CCOC(=O)c1cc(Nc2cccc(Cl)c2F)ncc1N. The van der Waals surface area contributed by atoms with Gasteiger partial charge in [-0.2, -0.15) is 0 Å². The van der Waals surface area contributed by atoms with Gasteiger partial charge >= 0.3 is 5.97 Å². The number of pyridine rings is 1. The third kappa shape index (κ3) is 3.41. The molecule has 0 aliphatic rings. The van der Waals surface area contributed by atoms with Gasteiger partial charge < -0.3 is 15.8 Å². The number of carbonyl (C=O) groups excluding carboxylic acids is 1. The summed E-state index contributed by atoms with van der Waals surface area (Å²) in [4.78, 5) is 15.7. The minimum atomic E-state index is -0.601. The number of halogens is 2. The molecule has 2 rings (SSSR count). The van der Waals surface area contributed by atoms with Crippen molar-refractivity contribution in [3.63, 3.8) is 0 Å². The van der Waals surface area contributed by atoms with Gasteiger partial charge in [0.1, 0.15) is 5.82 Å². The van der Waals surface area contributed by atoms with E-state index in [0.29, 0.717) is 0 Å². The lowest BCUT2D eigenvalue weighted by Gasteiger charge is -2.10. The van der Waals surface area contributed by atoms with Crippen LogP contribution in [0.1, 0.15) is 17.3 Å². The highest BCUT2D eigenvalue weighted by molar-refractivity contribution is 6.31. The standard InChI is InChI=1S/C14H13ClFN3O2/c1-2-21-14(20)8-6-12(18-7-10(8)17)19-11-5-3-4-9(15)13(11)16/h3-7H,2,17H2,1H3,(H,18,19). The lowest BCUT2D eigenvalue weighted by atomic mass is 10.2. The molecule has 0 aliphatic heterocycles. The lowest BCUT2D eigenvalue weighted by Crippen LogP contribution is -2.09. The van der Waals surface area contributed by atoms with Crippen LogP contribution in [0.2, 0.25) is 5.02 Å². The number of aromatic nitrogens is 1. The molecule has 5 nitrogen and oxygen atoms in total. The van der Waals surface area contributed by atoms with Gasteiger partial charge in [-0.05, 0) is 25.1 Å². The van der Waals surface area contributed by atoms with Crippen molar-refractivity contribution in [3.8, 4) is 0 Å². The largest absolute Gasteiger partial charge is 0.462 e. The number of nitrogens with zero attached hydrogens (tertiary/aromatic N) is 1. The minimum absolute atomic E-state index is 0.0129. The third-order valence-electron chi connectivity index (χ3n) is 2.64. The molecule has 0 unspecified atom stereocenters. The maximum Gasteiger partial charge on any atom is 0.340 e. The van der Waals surface area contributed by atoms with E-state index in [9.17, 15) is 9.18 Å². The molecule has 0 saturated carbocycles. The smallest absolute Gasteiger partial charge is 0.340 e. The zero-order chi connectivity index (χ0) is 15.4. The first-order valence-electron chi connectivity index (χ1n) is 6.16. The Bertz CT molecular complexity index is 679. The van der Waals surface area contributed by atoms with E-state index in [1.54, 1.807) is 13.0 Å². The molecule has 21 heavy (non-hydrogen) atoms. The van der Waals surface area contributed by atoms with Crippen LogP contribution in [0.15, 0.2) is 30.5 Å². The fourth-order valence-electron chi connectivity index (χ4n) is 1.66. The monoisotopic (exact) mass is 309 g/mol. The maximum atomic E-state index is 13.8. The van der Waals surface area contributed by atoms with Gasteiger partial charge in [0.2, 0.25) is 0 Å². The summed E-state index contributed by atoms with van der Waals surface area (Å²) in [6, 6.07) is 5.93. The van der Waals surface area contributed by atoms with Crippen molar-refractivity contribution >= 4 is 34.8 Å². The summed E-state index contributed by atoms with van der Waals surface area (Å²) in [5.74, 6) is -0.907. The van der Waals surface area contributed by atoms with Gasteiger partial charge in [-0.1, -0.05) is 17.7 Å². The van der Waals surface area contributed by atoms with Gasteiger partial charge in [-0.25, -0.2) is 14.2 Å². The topological polar surface area (TPSA) is 77.2 Å². The van der Waals surface area contributed by atoms with E-state index < -0.39 is 11.8 Å². The number of rotatable bonds is 4. The molecular formula is C14H13ClFN3O2. The number of benzene rings is 1. The van der Waals surface area contributed by atoms with Crippen molar-refractivity contribution in [1.82, 2.24) is 4.98 Å². The fraction of sp³-hybridized carbons (Fsp3) is 0.143. The van der Waals surface area contributed by atoms with Gasteiger partial charge in [0, 0.05) is 0 Å². The van der Waals surface area contributed by atoms with Crippen LogP contribution in [0.3, 0.4) is 0 Å². The molecular weight excluding hydrogens is 297 g/mol. The van der Waals surface area contributed by atoms with Gasteiger partial charge in [-0.15, -0.1) is 0 Å². The third-order valence-corrected chi connectivity index (χ3v) is 2.94. The van der Waals surface area contributed by atoms with Crippen molar-refractivity contribution in [3.05, 3.63) is 46.9 Å². The van der Waals surface area contributed by atoms with Crippen LogP contribution in [0.4, 0.5) is 21.6 Å². The second-order valence-corrected chi connectivity index (χ2v) is 4.51. The average molecular weight is 310 g/mol. The van der Waals surface area contributed by atoms with Gasteiger partial charge in [0.05, 0.1) is 34.8 Å². The molecule has 0 fully saturated rings. The molecule has 1 heterocycles. The number of nitrogen functional groups attached to an aromatic ring is 1. The number of hydrogen-bond acceptors (Lipinski definition) is 5. The number of anilines is 3. The van der Waals surface area contributed by atoms with Crippen LogP contribution in [0.25, 0.3) is 0 Å². The van der Waals surface area contributed by atoms with Crippen LogP contribution >= 0.6 is 11.6 Å². The lowest BCUT2D eigenvalue weighted by molar-refractivity contribution is 0.0527. The van der Waals surface area contributed by atoms with E-state index in [2.05, 4.69) is 10.3 Å². The van der Waals surface area contributed by atoms with Crippen LogP contribution in [-0.4, -0.2) is 17.6 Å². The Labute approximate surface area is 125 Å². The summed E-state index contributed by atoms with van der Waals surface area (Å²) in [5.41, 5.74) is 6.18. The summed E-state index contributed by atoms with van der Waals surface area (Å²) < 4.78 is 18.7. The predicted molar refractivity (Wildman–Crippen MR) is 79.3 cm³/mol. The molecule has 2 aromatic rings. The zero-order valence-corrected chi connectivity index (χ0v) is 11.9. The molecule has 0 saturated heterocycles. The highest BCUT2D eigenvalue weighted by Crippen LogP contribution is 2.25. The van der Waals surface area contributed by atoms with Crippen molar-refractivity contribution in [2.24, 2.45) is 0 Å². The number of nitrogens with one attached hydrogen (secondary N) is 1. The highest BCUT2D eigenvalue weighted by atomic mass is 35.5. The summed E-state index contributed by atoms with van der Waals surface area (Å²) in [5, 5.41) is 2.73. The first-order chi connectivity index (χ1) is 10.0. The molecule has 0 bridgehead atoms. The average Bonchev–Trinajstić information content (AvgIpc) is 2.46. The van der Waals surface area contributed by atoms with E-state index >= 15 is 0 Å². The summed E-state index contributed by atoms with van der Waals surface area (Å²) in [6.07, 6.45) is 1.30. The van der Waals surface area contributed by atoms with E-state index in [0.717, 1.165) is 0 Å². The van der Waals surface area contributed by atoms with Gasteiger partial charge in [-0.3, -0.25) is 0 Å². The zero-order valence-electron chi connectivity index (χ0n) is 11.2. The molecule has 0 atom stereocenters. The molecule has 7 heteroatoms. The Morgan fingerprint density at radius 2 is 2.29 bits per heavy atom. The highest BCUT2D eigenvalue weighted by Gasteiger charge is 2.13. The summed E-state index contributed by atoms with van der Waals surface area (Å²) in [7, 11) is 0. The minimum Gasteiger partial charge on any atom is -0.462 e. The second kappa shape index (κ2) is 6.41. The van der Waals surface area contributed by atoms with E-state index in [-0.39, 0.29) is 34.4 Å². The van der Waals surface area contributed by atoms with Crippen molar-refractivity contribution < 1.29 is 13.9 Å². The molecule has 0 radical (unpaired) electrons. The second-order valence-electron chi connectivity index (χ2n) is 4.10. The quantitative estimate of drug-likeness (QED) is 0.847. The summed E-state index contributed by atoms with van der Waals surface area (Å²) >= 11 is 5.70. The number of hydrogen-bond donors (Lipinski definition) is 2. The first kappa shape index (κ1) is 15.1. The molecule has 1 aromatic heterocycles. The molecule has 1 aromatic carbocycles. The van der Waals surface area contributed by atoms with E-state index in [1.807, 2.05) is 0 Å². The van der Waals surface area contributed by atoms with Crippen LogP contribution < -0.4 is 11.1 Å². The van der Waals surface area contributed by atoms with Crippen LogP contribution in [0.5, 0.6) is 0 Å². The van der Waals surface area contributed by atoms with Gasteiger partial charge in [0.15, 0.2) is 5.82 Å². The molecule has 0 amide bonds. The Morgan fingerprint density at radius 3 is 3.00 bits per heavy atom. The summed E-state index contributed by atoms with van der Waals surface area (Å²) in [6.45, 7) is 1.92. The van der Waals surface area contributed by atoms with Gasteiger partial charge in [0.25, 0.3) is 0 Å². The fourth-order valence-corrected chi connectivity index (χ4v) is 1.83. The van der Waals surface area contributed by atoms with Crippen molar-refractivity contribution in [2.45, 2.75) is 6.92 Å². The molecule has 110 valence electrons. The maximum absolute atomic E-state index is 13.8. The Kier molecular flexibility index (Phi) is 4.59. The van der Waals surface area contributed by atoms with E-state index in [1.165, 1.54) is 24.4 Å².